The molecule has 1 unspecified atom stereocenters. The minimum absolute atomic E-state index is 0.0432. The van der Waals surface area contributed by atoms with Crippen LogP contribution in [0.4, 0.5) is 4.79 Å². The second-order valence-electron chi connectivity index (χ2n) is 2.86. The van der Waals surface area contributed by atoms with Crippen LogP contribution in [0.1, 0.15) is 12.8 Å². The largest absolute Gasteiger partial charge is 0.354 e. The summed E-state index contributed by atoms with van der Waals surface area (Å²) >= 11 is 5.27. The molecule has 1 rings (SSSR count). The number of likely N-dealkylation sites (N-methyl/N-ethyl adjacent to an activating group) is 1. The van der Waals surface area contributed by atoms with E-state index < -0.39 is 5.37 Å². The Morgan fingerprint density at radius 3 is 2.83 bits per heavy atom. The number of carbonyl (C=O) groups is 2. The van der Waals surface area contributed by atoms with Crippen molar-refractivity contribution in [1.29, 1.82) is 0 Å². The molecule has 0 aromatic carbocycles. The maximum atomic E-state index is 10.8. The first-order valence-electron chi connectivity index (χ1n) is 3.80. The highest BCUT2D eigenvalue weighted by Crippen LogP contribution is 2.10. The quantitative estimate of drug-likeness (QED) is 0.485. The Balaban J connectivity index is 2.44. The molecule has 1 saturated heterocycles. The molecule has 1 aliphatic rings. The van der Waals surface area contributed by atoms with Crippen molar-refractivity contribution in [3.05, 3.63) is 0 Å². The van der Waals surface area contributed by atoms with E-state index in [-0.39, 0.29) is 11.9 Å². The van der Waals surface area contributed by atoms with E-state index in [0.29, 0.717) is 19.4 Å². The van der Waals surface area contributed by atoms with Crippen LogP contribution in [0.25, 0.3) is 0 Å². The predicted molar refractivity (Wildman–Crippen MR) is 45.0 cm³/mol. The topological polar surface area (TPSA) is 49.4 Å². The third kappa shape index (κ3) is 2.11. The minimum Gasteiger partial charge on any atom is -0.354 e. The average molecular weight is 191 g/mol. The number of halogens is 1. The number of nitrogens with one attached hydrogen (secondary N) is 1. The van der Waals surface area contributed by atoms with Gasteiger partial charge in [0, 0.05) is 20.0 Å². The molecule has 0 radical (unpaired) electrons. The van der Waals surface area contributed by atoms with Gasteiger partial charge in [0.25, 0.3) is 0 Å². The Labute approximate surface area is 75.9 Å². The molecule has 1 fully saturated rings. The summed E-state index contributed by atoms with van der Waals surface area (Å²) in [5.74, 6) is 0.0432. The van der Waals surface area contributed by atoms with Crippen LogP contribution >= 0.6 is 11.6 Å². The number of hydrogen-bond donors (Lipinski definition) is 1. The van der Waals surface area contributed by atoms with E-state index in [0.717, 1.165) is 0 Å². The number of amides is 2. The molecular formula is C7H11ClN2O2. The van der Waals surface area contributed by atoms with E-state index in [1.165, 1.54) is 4.90 Å². The van der Waals surface area contributed by atoms with Crippen molar-refractivity contribution in [2.24, 2.45) is 0 Å². The lowest BCUT2D eigenvalue weighted by Gasteiger charge is -2.29. The van der Waals surface area contributed by atoms with E-state index >= 15 is 0 Å². The van der Waals surface area contributed by atoms with Crippen LogP contribution in [-0.2, 0) is 4.79 Å². The van der Waals surface area contributed by atoms with Gasteiger partial charge in [-0.3, -0.25) is 9.59 Å². The molecule has 5 heteroatoms. The standard InChI is InChI=1S/C7H11ClN2O2/c1-10(7(8)12)5-2-3-6(11)9-4-5/h5H,2-4H2,1H3,(H,9,11). The molecule has 12 heavy (non-hydrogen) atoms. The fourth-order valence-electron chi connectivity index (χ4n) is 1.19. The summed E-state index contributed by atoms with van der Waals surface area (Å²) in [6.07, 6.45) is 1.17. The molecule has 0 aliphatic carbocycles. The highest BCUT2D eigenvalue weighted by atomic mass is 35.5. The van der Waals surface area contributed by atoms with Crippen LogP contribution in [0.15, 0.2) is 0 Å². The maximum absolute atomic E-state index is 10.8. The summed E-state index contributed by atoms with van der Waals surface area (Å²) < 4.78 is 0. The SMILES string of the molecule is CN(C(=O)Cl)C1CCC(=O)NC1. The Morgan fingerprint density at radius 1 is 1.75 bits per heavy atom. The Hall–Kier alpha value is -0.770. The normalized spacial score (nSPS) is 23.2. The summed E-state index contributed by atoms with van der Waals surface area (Å²) in [6, 6.07) is 0.0488. The lowest BCUT2D eigenvalue weighted by Crippen LogP contribution is -2.47. The van der Waals surface area contributed by atoms with Crippen molar-refractivity contribution < 1.29 is 9.59 Å². The Morgan fingerprint density at radius 2 is 2.42 bits per heavy atom. The van der Waals surface area contributed by atoms with Crippen molar-refractivity contribution in [3.8, 4) is 0 Å². The first-order valence-corrected chi connectivity index (χ1v) is 4.18. The van der Waals surface area contributed by atoms with Crippen LogP contribution in [0.5, 0.6) is 0 Å². The van der Waals surface area contributed by atoms with E-state index in [9.17, 15) is 9.59 Å². The fourth-order valence-corrected chi connectivity index (χ4v) is 1.33. The summed E-state index contributed by atoms with van der Waals surface area (Å²) in [7, 11) is 1.64. The van der Waals surface area contributed by atoms with Gasteiger partial charge in [-0.2, -0.15) is 0 Å². The lowest BCUT2D eigenvalue weighted by molar-refractivity contribution is -0.122. The van der Waals surface area contributed by atoms with Gasteiger partial charge in [-0.15, -0.1) is 0 Å². The second-order valence-corrected chi connectivity index (χ2v) is 3.18. The molecule has 0 aromatic rings. The molecule has 0 saturated carbocycles. The second kappa shape index (κ2) is 3.76. The summed E-state index contributed by atoms with van der Waals surface area (Å²) in [5.41, 5.74) is 0. The van der Waals surface area contributed by atoms with Gasteiger partial charge in [0.1, 0.15) is 0 Å². The first-order chi connectivity index (χ1) is 5.61. The summed E-state index contributed by atoms with van der Waals surface area (Å²) in [6.45, 7) is 0.508. The molecule has 0 bridgehead atoms. The number of hydrogen-bond acceptors (Lipinski definition) is 2. The molecule has 1 N–H and O–H groups in total. The van der Waals surface area contributed by atoms with Crippen molar-refractivity contribution in [2.75, 3.05) is 13.6 Å². The monoisotopic (exact) mass is 190 g/mol. The predicted octanol–water partition coefficient (Wildman–Crippen LogP) is 0.556. The number of carbonyl (C=O) groups excluding carboxylic acids is 2. The van der Waals surface area contributed by atoms with Crippen LogP contribution in [-0.4, -0.2) is 35.8 Å². The van der Waals surface area contributed by atoms with Crippen molar-refractivity contribution >= 4 is 22.9 Å². The molecular weight excluding hydrogens is 180 g/mol. The third-order valence-corrected chi connectivity index (χ3v) is 2.33. The van der Waals surface area contributed by atoms with Crippen molar-refractivity contribution in [3.63, 3.8) is 0 Å². The zero-order valence-corrected chi connectivity index (χ0v) is 7.60. The molecule has 2 amide bonds. The molecule has 1 heterocycles. The molecule has 68 valence electrons. The molecule has 0 spiro atoms. The fraction of sp³-hybridized carbons (Fsp3) is 0.714. The number of rotatable bonds is 1. The average Bonchev–Trinajstić information content (AvgIpc) is 2.04. The Kier molecular flexibility index (Phi) is 2.92. The van der Waals surface area contributed by atoms with Crippen molar-refractivity contribution in [1.82, 2.24) is 10.2 Å². The van der Waals surface area contributed by atoms with Gasteiger partial charge >= 0.3 is 5.37 Å². The molecule has 4 nitrogen and oxygen atoms in total. The van der Waals surface area contributed by atoms with Crippen LogP contribution in [0, 0.1) is 0 Å². The maximum Gasteiger partial charge on any atom is 0.316 e. The molecule has 1 aliphatic heterocycles. The smallest absolute Gasteiger partial charge is 0.316 e. The molecule has 1 atom stereocenters. The number of nitrogens with zero attached hydrogens (tertiary/aromatic N) is 1. The van der Waals surface area contributed by atoms with Gasteiger partial charge in [-0.25, -0.2) is 0 Å². The van der Waals surface area contributed by atoms with Gasteiger partial charge in [0.15, 0.2) is 0 Å². The van der Waals surface area contributed by atoms with Gasteiger partial charge in [-0.1, -0.05) is 0 Å². The van der Waals surface area contributed by atoms with Gasteiger partial charge in [0.2, 0.25) is 5.91 Å². The first kappa shape index (κ1) is 9.32. The minimum atomic E-state index is -0.476. The summed E-state index contributed by atoms with van der Waals surface area (Å²) in [5, 5.41) is 2.20. The van der Waals surface area contributed by atoms with Crippen molar-refractivity contribution in [2.45, 2.75) is 18.9 Å². The van der Waals surface area contributed by atoms with Crippen LogP contribution in [0.2, 0.25) is 0 Å². The highest BCUT2D eigenvalue weighted by Gasteiger charge is 2.23. The van der Waals surface area contributed by atoms with Crippen LogP contribution < -0.4 is 5.32 Å². The van der Waals surface area contributed by atoms with Crippen LogP contribution in [0.3, 0.4) is 0 Å². The third-order valence-electron chi connectivity index (χ3n) is 2.06. The summed E-state index contributed by atoms with van der Waals surface area (Å²) in [4.78, 5) is 22.9. The zero-order valence-electron chi connectivity index (χ0n) is 6.84. The highest BCUT2D eigenvalue weighted by molar-refractivity contribution is 6.62. The van der Waals surface area contributed by atoms with E-state index in [1.54, 1.807) is 7.05 Å². The van der Waals surface area contributed by atoms with Gasteiger partial charge in [-0.05, 0) is 18.0 Å². The number of piperidine rings is 1. The lowest BCUT2D eigenvalue weighted by atomic mass is 10.1. The van der Waals surface area contributed by atoms with E-state index in [2.05, 4.69) is 5.32 Å². The van der Waals surface area contributed by atoms with Gasteiger partial charge < -0.3 is 10.2 Å². The van der Waals surface area contributed by atoms with E-state index in [4.69, 9.17) is 11.6 Å². The zero-order chi connectivity index (χ0) is 9.14. The van der Waals surface area contributed by atoms with E-state index in [1.807, 2.05) is 0 Å². The van der Waals surface area contributed by atoms with Gasteiger partial charge in [0.05, 0.1) is 6.04 Å². The molecule has 0 aromatic heterocycles. The Bertz CT molecular complexity index is 198.